The third kappa shape index (κ3) is 3.59. The summed E-state index contributed by atoms with van der Waals surface area (Å²) in [5, 5.41) is 8.72. The van der Waals surface area contributed by atoms with Gasteiger partial charge in [-0.1, -0.05) is 6.07 Å². The highest BCUT2D eigenvalue weighted by molar-refractivity contribution is 5.80. The molecule has 9 heteroatoms. The van der Waals surface area contributed by atoms with Crippen molar-refractivity contribution in [2.75, 3.05) is 7.11 Å². The summed E-state index contributed by atoms with van der Waals surface area (Å²) < 4.78 is 50.3. The van der Waals surface area contributed by atoms with Crippen molar-refractivity contribution < 1.29 is 17.9 Å². The Morgan fingerprint density at radius 3 is 2.44 bits per heavy atom. The Balaban J connectivity index is 1.53. The van der Waals surface area contributed by atoms with Crippen LogP contribution in [0.3, 0.4) is 0 Å². The van der Waals surface area contributed by atoms with Crippen LogP contribution in [0, 0.1) is 24.4 Å². The van der Waals surface area contributed by atoms with Gasteiger partial charge in [-0.05, 0) is 55.8 Å². The van der Waals surface area contributed by atoms with E-state index >= 15 is 0 Å². The van der Waals surface area contributed by atoms with Crippen molar-refractivity contribution in [3.63, 3.8) is 0 Å². The number of hydrogen-bond acceptors (Lipinski definition) is 4. The van der Waals surface area contributed by atoms with Gasteiger partial charge in [0.15, 0.2) is 23.3 Å². The second kappa shape index (κ2) is 8.33. The van der Waals surface area contributed by atoms with E-state index in [1.807, 2.05) is 48.0 Å². The molecule has 0 bridgehead atoms. The van der Waals surface area contributed by atoms with Crippen molar-refractivity contribution in [1.29, 1.82) is 0 Å². The molecule has 3 heterocycles. The maximum atomic E-state index is 13.8. The molecule has 1 aromatic heterocycles. The molecule has 2 aliphatic heterocycles. The number of benzene rings is 2. The van der Waals surface area contributed by atoms with Crippen LogP contribution >= 0.6 is 0 Å². The van der Waals surface area contributed by atoms with E-state index in [1.165, 1.54) is 0 Å². The second-order valence-electron chi connectivity index (χ2n) is 7.98. The summed E-state index contributed by atoms with van der Waals surface area (Å²) in [7, 11) is 1.60. The van der Waals surface area contributed by atoms with E-state index in [-0.39, 0.29) is 5.56 Å². The average Bonchev–Trinajstić information content (AvgIpc) is 3.47. The SMILES string of the molecule is COc1cc(-c2nnc3n([C@@H](C)c4cc(F)c(F)c(F)c4)cccc2-3)ccc1-n1cnc(C)c1. The Kier molecular flexibility index (Phi) is 5.31. The van der Waals surface area contributed by atoms with Crippen molar-refractivity contribution in [2.45, 2.75) is 19.9 Å². The Morgan fingerprint density at radius 1 is 1.00 bits per heavy atom. The standard InChI is InChI=1S/C25H20F3N5O/c1-14-12-32(13-29-14)21-7-6-16(11-22(21)34-3)24-18-5-4-8-33(25(18)31-30-24)15(2)17-9-19(26)23(28)20(27)10-17/h4-13,15H,1-3H3/t15-/m0/s1. The fraction of sp³-hybridized carbons (Fsp3) is 0.160. The third-order valence-corrected chi connectivity index (χ3v) is 5.84. The van der Waals surface area contributed by atoms with Gasteiger partial charge in [-0.25, -0.2) is 18.2 Å². The fourth-order valence-electron chi connectivity index (χ4n) is 4.05. The van der Waals surface area contributed by atoms with Gasteiger partial charge >= 0.3 is 0 Å². The highest BCUT2D eigenvalue weighted by Gasteiger charge is 2.23. The van der Waals surface area contributed by atoms with Crippen molar-refractivity contribution in [2.24, 2.45) is 0 Å². The molecular weight excluding hydrogens is 443 g/mol. The molecule has 0 amide bonds. The highest BCUT2D eigenvalue weighted by atomic mass is 19.2. The number of nitrogens with zero attached hydrogens (tertiary/aromatic N) is 5. The summed E-state index contributed by atoms with van der Waals surface area (Å²) in [6, 6.07) is 10.9. The summed E-state index contributed by atoms with van der Waals surface area (Å²) in [5.74, 6) is -2.78. The molecule has 34 heavy (non-hydrogen) atoms. The smallest absolute Gasteiger partial charge is 0.194 e. The molecule has 0 N–H and O–H groups in total. The van der Waals surface area contributed by atoms with Crippen LogP contribution in [-0.2, 0) is 0 Å². The van der Waals surface area contributed by atoms with Gasteiger partial charge in [-0.3, -0.25) is 0 Å². The molecule has 0 spiro atoms. The lowest BCUT2D eigenvalue weighted by Crippen LogP contribution is -2.11. The molecule has 5 rings (SSSR count). The summed E-state index contributed by atoms with van der Waals surface area (Å²) in [4.78, 5) is 4.26. The fourth-order valence-corrected chi connectivity index (χ4v) is 4.05. The molecule has 2 aromatic carbocycles. The average molecular weight is 463 g/mol. The van der Waals surface area contributed by atoms with E-state index in [0.29, 0.717) is 17.3 Å². The molecular formula is C25H20F3N5O. The molecule has 172 valence electrons. The normalized spacial score (nSPS) is 12.3. The maximum Gasteiger partial charge on any atom is 0.194 e. The van der Waals surface area contributed by atoms with Gasteiger partial charge in [0.1, 0.15) is 11.4 Å². The van der Waals surface area contributed by atoms with Crippen molar-refractivity contribution in [3.8, 4) is 34.1 Å². The Morgan fingerprint density at radius 2 is 1.76 bits per heavy atom. The molecule has 0 fully saturated rings. The zero-order chi connectivity index (χ0) is 24.0. The number of pyridine rings is 1. The molecule has 0 unspecified atom stereocenters. The van der Waals surface area contributed by atoms with Crippen LogP contribution in [-0.4, -0.2) is 31.4 Å². The number of rotatable bonds is 5. The maximum absolute atomic E-state index is 13.8. The molecule has 2 aliphatic rings. The summed E-state index contributed by atoms with van der Waals surface area (Å²) in [6.45, 7) is 3.67. The van der Waals surface area contributed by atoms with Gasteiger partial charge in [0.25, 0.3) is 0 Å². The molecule has 0 saturated heterocycles. The zero-order valence-corrected chi connectivity index (χ0v) is 18.6. The van der Waals surface area contributed by atoms with Gasteiger partial charge < -0.3 is 13.9 Å². The lowest BCUT2D eigenvalue weighted by molar-refractivity contribution is 0.413. The van der Waals surface area contributed by atoms with E-state index in [1.54, 1.807) is 31.1 Å². The van der Waals surface area contributed by atoms with Crippen LogP contribution < -0.4 is 4.74 Å². The minimum atomic E-state index is -1.49. The van der Waals surface area contributed by atoms with Crippen molar-refractivity contribution in [3.05, 3.63) is 89.9 Å². The summed E-state index contributed by atoms with van der Waals surface area (Å²) >= 11 is 0. The van der Waals surface area contributed by atoms with Crippen molar-refractivity contribution >= 4 is 0 Å². The number of hydrogen-bond donors (Lipinski definition) is 0. The van der Waals surface area contributed by atoms with E-state index in [0.717, 1.165) is 34.6 Å². The largest absolute Gasteiger partial charge is 0.495 e. The first-order valence-electron chi connectivity index (χ1n) is 10.5. The number of fused-ring (bicyclic) bond motifs is 1. The third-order valence-electron chi connectivity index (χ3n) is 5.84. The highest BCUT2D eigenvalue weighted by Crippen LogP contribution is 2.36. The monoisotopic (exact) mass is 463 g/mol. The predicted octanol–water partition coefficient (Wildman–Crippen LogP) is 5.58. The minimum Gasteiger partial charge on any atom is -0.495 e. The molecule has 0 radical (unpaired) electrons. The van der Waals surface area contributed by atoms with Gasteiger partial charge in [0.2, 0.25) is 0 Å². The molecule has 3 aromatic rings. The van der Waals surface area contributed by atoms with Crippen LogP contribution in [0.25, 0.3) is 28.3 Å². The quantitative estimate of drug-likeness (QED) is 0.320. The van der Waals surface area contributed by atoms with E-state index < -0.39 is 23.5 Å². The first-order chi connectivity index (χ1) is 16.4. The van der Waals surface area contributed by atoms with Crippen LogP contribution in [0.5, 0.6) is 5.75 Å². The topological polar surface area (TPSA) is 57.8 Å². The van der Waals surface area contributed by atoms with E-state index in [2.05, 4.69) is 15.2 Å². The van der Waals surface area contributed by atoms with Gasteiger partial charge in [-0.15, -0.1) is 10.2 Å². The van der Waals surface area contributed by atoms with Gasteiger partial charge in [0.05, 0.1) is 30.9 Å². The first-order valence-corrected chi connectivity index (χ1v) is 10.5. The summed E-state index contributed by atoms with van der Waals surface area (Å²) in [6.07, 6.45) is 5.37. The van der Waals surface area contributed by atoms with Crippen molar-refractivity contribution in [1.82, 2.24) is 24.3 Å². The van der Waals surface area contributed by atoms with E-state index in [9.17, 15) is 13.2 Å². The first kappa shape index (κ1) is 21.7. The van der Waals surface area contributed by atoms with Crippen LogP contribution in [0.15, 0.2) is 61.2 Å². The Hall–Kier alpha value is -4.14. The number of halogens is 3. The number of aryl methyl sites for hydroxylation is 1. The molecule has 6 nitrogen and oxygen atoms in total. The number of imidazole rings is 1. The molecule has 1 atom stereocenters. The number of ether oxygens (including phenoxy) is 1. The number of aromatic nitrogens is 5. The van der Waals surface area contributed by atoms with Crippen LogP contribution in [0.4, 0.5) is 13.2 Å². The lowest BCUT2D eigenvalue weighted by Gasteiger charge is -2.20. The van der Waals surface area contributed by atoms with Gasteiger partial charge in [-0.2, -0.15) is 0 Å². The predicted molar refractivity (Wildman–Crippen MR) is 121 cm³/mol. The lowest BCUT2D eigenvalue weighted by atomic mass is 10.0. The second-order valence-corrected chi connectivity index (χ2v) is 7.98. The Labute approximate surface area is 193 Å². The summed E-state index contributed by atoms with van der Waals surface area (Å²) in [5.41, 5.74) is 4.19. The minimum absolute atomic E-state index is 0.278. The molecule has 0 saturated carbocycles. The van der Waals surface area contributed by atoms with Crippen LogP contribution in [0.2, 0.25) is 0 Å². The number of methoxy groups -OCH3 is 1. The van der Waals surface area contributed by atoms with Gasteiger partial charge in [0, 0.05) is 23.5 Å². The Bertz CT molecular complexity index is 1450. The molecule has 0 aliphatic carbocycles. The zero-order valence-electron chi connectivity index (χ0n) is 18.6. The van der Waals surface area contributed by atoms with Crippen LogP contribution in [0.1, 0.15) is 24.2 Å². The van der Waals surface area contributed by atoms with E-state index in [4.69, 9.17) is 4.74 Å².